The number of hydrogen-bond donors (Lipinski definition) is 3. The quantitative estimate of drug-likeness (QED) is 0.722. The van der Waals surface area contributed by atoms with Crippen molar-refractivity contribution in [1.82, 2.24) is 0 Å². The van der Waals surface area contributed by atoms with Gasteiger partial charge in [0.25, 0.3) is 5.91 Å². The van der Waals surface area contributed by atoms with Gasteiger partial charge in [0.2, 0.25) is 5.91 Å². The van der Waals surface area contributed by atoms with Gasteiger partial charge in [-0.3, -0.25) is 9.59 Å². The Morgan fingerprint density at radius 2 is 1.92 bits per heavy atom. The first-order valence-electron chi connectivity index (χ1n) is 8.09. The lowest BCUT2D eigenvalue weighted by Gasteiger charge is -2.12. The molecule has 132 valence electrons. The average Bonchev–Trinajstić information content (AvgIpc) is 2.62. The van der Waals surface area contributed by atoms with Crippen LogP contribution in [-0.2, 0) is 4.79 Å². The molecule has 0 heterocycles. The highest BCUT2D eigenvalue weighted by molar-refractivity contribution is 6.05. The smallest absolute Gasteiger partial charge is 0.255 e. The van der Waals surface area contributed by atoms with Crippen LogP contribution in [0, 0.1) is 6.92 Å². The predicted octanol–water partition coefficient (Wildman–Crippen LogP) is 2.93. The minimum absolute atomic E-state index is 0.0713. The molecular formula is C19H23N3O3. The second-order valence-corrected chi connectivity index (χ2v) is 5.66. The molecule has 0 saturated heterocycles. The molecule has 25 heavy (non-hydrogen) atoms. The zero-order valence-electron chi connectivity index (χ0n) is 14.5. The fourth-order valence-electron chi connectivity index (χ4n) is 2.33. The third-order valence-electron chi connectivity index (χ3n) is 3.70. The standard InChI is InChI=1S/C19H23N3O3/c1-13-11-15(21-18(23)7-4-10-20)8-9-17(13)22-19(24)14-5-3-6-16(12-14)25-2/h3,5-6,8-9,11-12H,4,7,10,20H2,1-2H3,(H,21,23)(H,22,24). The molecule has 0 aromatic heterocycles. The second kappa shape index (κ2) is 8.84. The van der Waals surface area contributed by atoms with E-state index in [4.69, 9.17) is 10.5 Å². The van der Waals surface area contributed by atoms with Crippen molar-refractivity contribution in [2.45, 2.75) is 19.8 Å². The number of aryl methyl sites for hydroxylation is 1. The van der Waals surface area contributed by atoms with Crippen LogP contribution in [0.25, 0.3) is 0 Å². The van der Waals surface area contributed by atoms with E-state index < -0.39 is 0 Å². The van der Waals surface area contributed by atoms with E-state index in [2.05, 4.69) is 10.6 Å². The number of benzene rings is 2. The molecule has 0 aliphatic rings. The molecule has 0 aliphatic heterocycles. The normalized spacial score (nSPS) is 10.2. The Labute approximate surface area is 147 Å². The van der Waals surface area contributed by atoms with Gasteiger partial charge in [0.05, 0.1) is 7.11 Å². The van der Waals surface area contributed by atoms with Gasteiger partial charge in [-0.15, -0.1) is 0 Å². The molecule has 0 spiro atoms. The lowest BCUT2D eigenvalue weighted by Crippen LogP contribution is -2.15. The number of carbonyl (C=O) groups excluding carboxylic acids is 2. The number of amides is 2. The van der Waals surface area contributed by atoms with Gasteiger partial charge in [0.1, 0.15) is 5.75 Å². The van der Waals surface area contributed by atoms with Crippen LogP contribution >= 0.6 is 0 Å². The van der Waals surface area contributed by atoms with Gasteiger partial charge in [-0.25, -0.2) is 0 Å². The van der Waals surface area contributed by atoms with E-state index >= 15 is 0 Å². The maximum Gasteiger partial charge on any atom is 0.255 e. The molecule has 0 unspecified atom stereocenters. The predicted molar refractivity (Wildman–Crippen MR) is 99.0 cm³/mol. The van der Waals surface area contributed by atoms with Crippen LogP contribution in [0.1, 0.15) is 28.8 Å². The van der Waals surface area contributed by atoms with Crippen molar-refractivity contribution in [3.8, 4) is 5.75 Å². The van der Waals surface area contributed by atoms with Crippen molar-refractivity contribution in [2.75, 3.05) is 24.3 Å². The Kier molecular flexibility index (Phi) is 6.54. The van der Waals surface area contributed by atoms with E-state index in [0.29, 0.717) is 42.1 Å². The summed E-state index contributed by atoms with van der Waals surface area (Å²) >= 11 is 0. The van der Waals surface area contributed by atoms with Crippen LogP contribution in [0.4, 0.5) is 11.4 Å². The first-order chi connectivity index (χ1) is 12.0. The molecule has 4 N–H and O–H groups in total. The summed E-state index contributed by atoms with van der Waals surface area (Å²) in [7, 11) is 1.56. The summed E-state index contributed by atoms with van der Waals surface area (Å²) in [6, 6.07) is 12.3. The van der Waals surface area contributed by atoms with E-state index in [1.807, 2.05) is 13.0 Å². The van der Waals surface area contributed by atoms with Gasteiger partial charge in [-0.05, 0) is 61.9 Å². The summed E-state index contributed by atoms with van der Waals surface area (Å²) in [6.45, 7) is 2.36. The maximum atomic E-state index is 12.4. The van der Waals surface area contributed by atoms with Gasteiger partial charge in [0.15, 0.2) is 0 Å². The van der Waals surface area contributed by atoms with Crippen molar-refractivity contribution in [1.29, 1.82) is 0 Å². The lowest BCUT2D eigenvalue weighted by molar-refractivity contribution is -0.116. The summed E-state index contributed by atoms with van der Waals surface area (Å²) in [5.41, 5.74) is 8.15. The molecule has 0 fully saturated rings. The van der Waals surface area contributed by atoms with Crippen molar-refractivity contribution >= 4 is 23.2 Å². The molecular weight excluding hydrogens is 318 g/mol. The van der Waals surface area contributed by atoms with Crippen LogP contribution in [-0.4, -0.2) is 25.5 Å². The van der Waals surface area contributed by atoms with Crippen molar-refractivity contribution in [2.24, 2.45) is 5.73 Å². The van der Waals surface area contributed by atoms with Crippen LogP contribution in [0.2, 0.25) is 0 Å². The van der Waals surface area contributed by atoms with E-state index in [9.17, 15) is 9.59 Å². The maximum absolute atomic E-state index is 12.4. The van der Waals surface area contributed by atoms with Crippen LogP contribution in [0.15, 0.2) is 42.5 Å². The number of nitrogens with two attached hydrogens (primary N) is 1. The van der Waals surface area contributed by atoms with Gasteiger partial charge in [0, 0.05) is 23.4 Å². The van der Waals surface area contributed by atoms with Gasteiger partial charge in [-0.2, -0.15) is 0 Å². The first kappa shape index (κ1) is 18.5. The lowest BCUT2D eigenvalue weighted by atomic mass is 10.1. The average molecular weight is 341 g/mol. The molecule has 2 aromatic rings. The minimum Gasteiger partial charge on any atom is -0.497 e. The zero-order valence-corrected chi connectivity index (χ0v) is 14.5. The van der Waals surface area contributed by atoms with Gasteiger partial charge in [-0.1, -0.05) is 6.07 Å². The molecule has 0 atom stereocenters. The van der Waals surface area contributed by atoms with Gasteiger partial charge < -0.3 is 21.1 Å². The largest absolute Gasteiger partial charge is 0.497 e. The number of rotatable bonds is 7. The number of anilines is 2. The highest BCUT2D eigenvalue weighted by Crippen LogP contribution is 2.21. The Balaban J connectivity index is 2.05. The molecule has 6 heteroatoms. The molecule has 0 bridgehead atoms. The number of nitrogens with one attached hydrogen (secondary N) is 2. The topological polar surface area (TPSA) is 93.5 Å². The molecule has 2 rings (SSSR count). The summed E-state index contributed by atoms with van der Waals surface area (Å²) < 4.78 is 5.13. The van der Waals surface area contributed by atoms with Crippen molar-refractivity contribution in [3.05, 3.63) is 53.6 Å². The Bertz CT molecular complexity index is 759. The molecule has 0 saturated carbocycles. The third-order valence-corrected chi connectivity index (χ3v) is 3.70. The van der Waals surface area contributed by atoms with Crippen molar-refractivity contribution in [3.63, 3.8) is 0 Å². The fraction of sp³-hybridized carbons (Fsp3) is 0.263. The summed E-state index contributed by atoms with van der Waals surface area (Å²) in [5, 5.41) is 5.69. The summed E-state index contributed by atoms with van der Waals surface area (Å²) in [4.78, 5) is 24.1. The van der Waals surface area contributed by atoms with Crippen LogP contribution in [0.3, 0.4) is 0 Å². The highest BCUT2D eigenvalue weighted by Gasteiger charge is 2.10. The molecule has 2 aromatic carbocycles. The van der Waals surface area contributed by atoms with Crippen LogP contribution < -0.4 is 21.1 Å². The molecule has 0 aliphatic carbocycles. The molecule has 0 radical (unpaired) electrons. The monoisotopic (exact) mass is 341 g/mol. The summed E-state index contributed by atoms with van der Waals surface area (Å²) in [5.74, 6) is 0.333. The minimum atomic E-state index is -0.221. The van der Waals surface area contributed by atoms with E-state index in [0.717, 1.165) is 5.56 Å². The van der Waals surface area contributed by atoms with E-state index in [1.165, 1.54) is 0 Å². The SMILES string of the molecule is COc1cccc(C(=O)Nc2ccc(NC(=O)CCCN)cc2C)c1. The van der Waals surface area contributed by atoms with Gasteiger partial charge >= 0.3 is 0 Å². The molecule has 2 amide bonds. The number of carbonyl (C=O) groups is 2. The fourth-order valence-corrected chi connectivity index (χ4v) is 2.33. The summed E-state index contributed by atoms with van der Waals surface area (Å²) in [6.07, 6.45) is 1.05. The highest BCUT2D eigenvalue weighted by atomic mass is 16.5. The Hall–Kier alpha value is -2.86. The second-order valence-electron chi connectivity index (χ2n) is 5.66. The number of methoxy groups -OCH3 is 1. The van der Waals surface area contributed by atoms with Crippen LogP contribution in [0.5, 0.6) is 5.75 Å². The van der Waals surface area contributed by atoms with Crippen molar-refractivity contribution < 1.29 is 14.3 Å². The Morgan fingerprint density at radius 3 is 2.60 bits per heavy atom. The molecule has 6 nitrogen and oxygen atoms in total. The number of hydrogen-bond acceptors (Lipinski definition) is 4. The number of ether oxygens (including phenoxy) is 1. The Morgan fingerprint density at radius 1 is 1.12 bits per heavy atom. The zero-order chi connectivity index (χ0) is 18.2. The third kappa shape index (κ3) is 5.32. The van der Waals surface area contributed by atoms with E-state index in [-0.39, 0.29) is 11.8 Å². The first-order valence-corrected chi connectivity index (χ1v) is 8.09. The van der Waals surface area contributed by atoms with E-state index in [1.54, 1.807) is 43.5 Å².